The van der Waals surface area contributed by atoms with Gasteiger partial charge in [0.15, 0.2) is 10.9 Å². The van der Waals surface area contributed by atoms with E-state index in [1.165, 1.54) is 13.3 Å². The van der Waals surface area contributed by atoms with Crippen molar-refractivity contribution in [3.05, 3.63) is 45.8 Å². The predicted octanol–water partition coefficient (Wildman–Crippen LogP) is 3.01. The van der Waals surface area contributed by atoms with E-state index < -0.39 is 6.10 Å². The van der Waals surface area contributed by atoms with Crippen LogP contribution in [0.5, 0.6) is 11.6 Å². The zero-order valence-electron chi connectivity index (χ0n) is 10.6. The van der Waals surface area contributed by atoms with Gasteiger partial charge in [0.25, 0.3) is 0 Å². The second-order valence-corrected chi connectivity index (χ2v) is 5.18. The molecule has 0 aliphatic heterocycles. The van der Waals surface area contributed by atoms with Crippen LogP contribution in [0.1, 0.15) is 11.7 Å². The Hall–Kier alpha value is -1.37. The molecule has 0 radical (unpaired) electrons. The quantitative estimate of drug-likeness (QED) is 0.831. The summed E-state index contributed by atoms with van der Waals surface area (Å²) in [5.41, 5.74) is 0.630. The molecule has 2 aromatic rings. The summed E-state index contributed by atoms with van der Waals surface area (Å²) in [5.74, 6) is 0.891. The number of methoxy groups -OCH3 is 1. The van der Waals surface area contributed by atoms with E-state index in [2.05, 4.69) is 25.9 Å². The molecule has 1 atom stereocenters. The van der Waals surface area contributed by atoms with Crippen LogP contribution in [0.3, 0.4) is 0 Å². The Kier molecular flexibility index (Phi) is 5.17. The maximum Gasteiger partial charge on any atom is 0.212 e. The number of aliphatic hydroxyl groups excluding tert-OH is 1. The smallest absolute Gasteiger partial charge is 0.212 e. The summed E-state index contributed by atoms with van der Waals surface area (Å²) >= 11 is 9.17. The largest absolute Gasteiger partial charge is 0.487 e. The van der Waals surface area contributed by atoms with Crippen LogP contribution in [0.15, 0.2) is 35.1 Å². The fourth-order valence-electron chi connectivity index (χ4n) is 1.48. The first-order chi connectivity index (χ1) is 9.60. The fraction of sp³-hybridized carbons (Fsp3) is 0.231. The third-order valence-corrected chi connectivity index (χ3v) is 3.24. The van der Waals surface area contributed by atoms with Gasteiger partial charge in [-0.3, -0.25) is 0 Å². The number of halogens is 2. The van der Waals surface area contributed by atoms with E-state index in [9.17, 15) is 5.11 Å². The van der Waals surface area contributed by atoms with Crippen molar-refractivity contribution in [2.24, 2.45) is 0 Å². The summed E-state index contributed by atoms with van der Waals surface area (Å²) in [5, 5.41) is 10.3. The average molecular weight is 360 g/mol. The molecule has 0 amide bonds. The Morgan fingerprint density at radius 1 is 1.35 bits per heavy atom. The lowest BCUT2D eigenvalue weighted by Gasteiger charge is -2.13. The first-order valence-corrected chi connectivity index (χ1v) is 6.89. The molecule has 0 unspecified atom stereocenters. The molecule has 0 fully saturated rings. The van der Waals surface area contributed by atoms with Gasteiger partial charge in [-0.05, 0) is 28.1 Å². The van der Waals surface area contributed by atoms with Crippen molar-refractivity contribution in [2.75, 3.05) is 13.7 Å². The highest BCUT2D eigenvalue weighted by Crippen LogP contribution is 2.26. The molecule has 2 aromatic heterocycles. The van der Waals surface area contributed by atoms with Crippen molar-refractivity contribution >= 4 is 27.5 Å². The van der Waals surface area contributed by atoms with Crippen LogP contribution in [0.4, 0.5) is 0 Å². The van der Waals surface area contributed by atoms with E-state index >= 15 is 0 Å². The highest BCUT2D eigenvalue weighted by Gasteiger charge is 2.11. The molecule has 0 saturated heterocycles. The molecule has 0 aliphatic rings. The fourth-order valence-corrected chi connectivity index (χ4v) is 1.95. The normalized spacial score (nSPS) is 12.0. The zero-order chi connectivity index (χ0) is 14.5. The number of hydrogen-bond donors (Lipinski definition) is 1. The van der Waals surface area contributed by atoms with Crippen LogP contribution < -0.4 is 9.47 Å². The minimum Gasteiger partial charge on any atom is -0.487 e. The molecule has 0 saturated carbocycles. The van der Waals surface area contributed by atoms with Crippen LogP contribution >= 0.6 is 27.5 Å². The Morgan fingerprint density at radius 2 is 2.15 bits per heavy atom. The van der Waals surface area contributed by atoms with E-state index in [0.717, 1.165) is 4.47 Å². The minimum atomic E-state index is -0.816. The van der Waals surface area contributed by atoms with Crippen molar-refractivity contribution < 1.29 is 14.6 Å². The summed E-state index contributed by atoms with van der Waals surface area (Å²) < 4.78 is 11.2. The Balaban J connectivity index is 2.00. The third kappa shape index (κ3) is 3.82. The van der Waals surface area contributed by atoms with Crippen molar-refractivity contribution in [3.8, 4) is 11.6 Å². The molecule has 2 rings (SSSR count). The topological polar surface area (TPSA) is 64.5 Å². The molecule has 1 N–H and O–H groups in total. The molecule has 0 bridgehead atoms. The van der Waals surface area contributed by atoms with Crippen LogP contribution in [-0.2, 0) is 0 Å². The molecule has 0 spiro atoms. The van der Waals surface area contributed by atoms with Crippen LogP contribution in [0.25, 0.3) is 0 Å². The van der Waals surface area contributed by atoms with Gasteiger partial charge in [0.05, 0.1) is 7.11 Å². The first kappa shape index (κ1) is 15.0. The number of aromatic nitrogens is 2. The lowest BCUT2D eigenvalue weighted by atomic mass is 10.2. The molecule has 7 heteroatoms. The molecule has 0 aliphatic carbocycles. The second kappa shape index (κ2) is 6.88. The molecule has 2 heterocycles. The summed E-state index contributed by atoms with van der Waals surface area (Å²) in [4.78, 5) is 7.96. The summed E-state index contributed by atoms with van der Waals surface area (Å²) in [7, 11) is 1.53. The van der Waals surface area contributed by atoms with Gasteiger partial charge < -0.3 is 14.6 Å². The van der Waals surface area contributed by atoms with E-state index in [4.69, 9.17) is 21.1 Å². The first-order valence-electron chi connectivity index (χ1n) is 5.72. The second-order valence-electron chi connectivity index (χ2n) is 3.90. The van der Waals surface area contributed by atoms with Gasteiger partial charge in [-0.15, -0.1) is 0 Å². The van der Waals surface area contributed by atoms with Crippen molar-refractivity contribution in [3.63, 3.8) is 0 Å². The number of hydrogen-bond acceptors (Lipinski definition) is 5. The molecular formula is C13H12BrClN2O3. The molecule has 106 valence electrons. The van der Waals surface area contributed by atoms with Crippen LogP contribution in [0.2, 0.25) is 5.15 Å². The van der Waals surface area contributed by atoms with Gasteiger partial charge in [-0.25, -0.2) is 9.97 Å². The molecular weight excluding hydrogens is 348 g/mol. The summed E-state index contributed by atoms with van der Waals surface area (Å²) in [6, 6.07) is 5.08. The van der Waals surface area contributed by atoms with E-state index in [1.807, 2.05) is 0 Å². The molecule has 20 heavy (non-hydrogen) atoms. The lowest BCUT2D eigenvalue weighted by Crippen LogP contribution is -2.10. The number of pyridine rings is 2. The van der Waals surface area contributed by atoms with E-state index in [1.54, 1.807) is 24.4 Å². The van der Waals surface area contributed by atoms with E-state index in [0.29, 0.717) is 17.2 Å². The highest BCUT2D eigenvalue weighted by atomic mass is 79.9. The maximum atomic E-state index is 10.0. The number of nitrogens with zero attached hydrogens (tertiary/aromatic N) is 2. The third-order valence-electron chi connectivity index (χ3n) is 2.52. The Morgan fingerprint density at radius 3 is 2.80 bits per heavy atom. The van der Waals surface area contributed by atoms with Gasteiger partial charge in [0, 0.05) is 28.5 Å². The molecule has 0 aromatic carbocycles. The standard InChI is InChI=1S/C13H12BrClN2O3/c1-19-12-3-2-8(5-16-12)10(18)7-20-11-4-9(14)6-17-13(11)15/h2-6,10,18H,7H2,1H3/t10-/m1/s1. The van der Waals surface area contributed by atoms with Crippen molar-refractivity contribution in [1.29, 1.82) is 0 Å². The van der Waals surface area contributed by atoms with Crippen LogP contribution in [-0.4, -0.2) is 28.8 Å². The molecule has 5 nitrogen and oxygen atoms in total. The lowest BCUT2D eigenvalue weighted by molar-refractivity contribution is 0.107. The summed E-state index contributed by atoms with van der Waals surface area (Å²) in [6.45, 7) is 0.0475. The van der Waals surface area contributed by atoms with Gasteiger partial charge in [0.1, 0.15) is 12.7 Å². The maximum absolute atomic E-state index is 10.0. The van der Waals surface area contributed by atoms with E-state index in [-0.39, 0.29) is 11.8 Å². The van der Waals surface area contributed by atoms with Gasteiger partial charge in [0.2, 0.25) is 5.88 Å². The SMILES string of the molecule is COc1ccc([C@H](O)COc2cc(Br)cnc2Cl)cn1. The Labute approximate surface area is 129 Å². The Bertz CT molecular complexity index is 580. The highest BCUT2D eigenvalue weighted by molar-refractivity contribution is 9.10. The average Bonchev–Trinajstić information content (AvgIpc) is 2.48. The number of aliphatic hydroxyl groups is 1. The monoisotopic (exact) mass is 358 g/mol. The predicted molar refractivity (Wildman–Crippen MR) is 78.2 cm³/mol. The van der Waals surface area contributed by atoms with Gasteiger partial charge in [-0.1, -0.05) is 11.6 Å². The van der Waals surface area contributed by atoms with Crippen molar-refractivity contribution in [1.82, 2.24) is 9.97 Å². The number of rotatable bonds is 5. The zero-order valence-corrected chi connectivity index (χ0v) is 12.9. The summed E-state index contributed by atoms with van der Waals surface area (Å²) in [6.07, 6.45) is 2.29. The van der Waals surface area contributed by atoms with Gasteiger partial charge in [-0.2, -0.15) is 0 Å². The van der Waals surface area contributed by atoms with Crippen LogP contribution in [0, 0.1) is 0 Å². The van der Waals surface area contributed by atoms with Crippen molar-refractivity contribution in [2.45, 2.75) is 6.10 Å². The number of ether oxygens (including phenoxy) is 2. The van der Waals surface area contributed by atoms with Gasteiger partial charge >= 0.3 is 0 Å². The minimum absolute atomic E-state index is 0.0475.